The maximum atomic E-state index is 12.6. The molecule has 0 aliphatic heterocycles. The fourth-order valence-corrected chi connectivity index (χ4v) is 3.49. The number of amides is 1. The molecular weight excluding hydrogens is 378 g/mol. The third-order valence-corrected chi connectivity index (χ3v) is 5.12. The van der Waals surface area contributed by atoms with Crippen molar-refractivity contribution in [3.8, 4) is 22.1 Å². The highest BCUT2D eigenvalue weighted by molar-refractivity contribution is 7.18. The summed E-state index contributed by atoms with van der Waals surface area (Å²) in [6.07, 6.45) is 1.71. The number of ether oxygens (including phenoxy) is 2. The predicted octanol–water partition coefficient (Wildman–Crippen LogP) is 3.36. The molecule has 0 saturated heterocycles. The van der Waals surface area contributed by atoms with E-state index in [4.69, 9.17) is 9.47 Å². The summed E-state index contributed by atoms with van der Waals surface area (Å²) >= 11 is 1.27. The fraction of sp³-hybridized carbons (Fsp3) is 0.158. The monoisotopic (exact) mass is 395 g/mol. The number of carbonyl (C=O) groups is 1. The Balaban J connectivity index is 1.56. The van der Waals surface area contributed by atoms with Crippen molar-refractivity contribution in [1.29, 1.82) is 0 Å². The van der Waals surface area contributed by atoms with Gasteiger partial charge in [0.1, 0.15) is 16.5 Å². The molecule has 0 spiro atoms. The number of fused-ring (bicyclic) bond motifs is 1. The quantitative estimate of drug-likeness (QED) is 0.557. The van der Waals surface area contributed by atoms with E-state index < -0.39 is 0 Å². The first-order valence-corrected chi connectivity index (χ1v) is 9.18. The van der Waals surface area contributed by atoms with Crippen molar-refractivity contribution >= 4 is 33.4 Å². The molecule has 142 valence electrons. The first-order valence-electron chi connectivity index (χ1n) is 8.37. The van der Waals surface area contributed by atoms with Crippen molar-refractivity contribution < 1.29 is 14.3 Å². The second kappa shape index (κ2) is 7.28. The van der Waals surface area contributed by atoms with Gasteiger partial charge in [0.25, 0.3) is 5.91 Å². The topological polar surface area (TPSA) is 91.2 Å². The van der Waals surface area contributed by atoms with E-state index in [9.17, 15) is 4.79 Å². The summed E-state index contributed by atoms with van der Waals surface area (Å²) in [4.78, 5) is 16.8. The van der Waals surface area contributed by atoms with Gasteiger partial charge in [-0.2, -0.15) is 0 Å². The standard InChI is InChI=1S/C19H17N5O3S/c1-24-10-20-15-8-11(4-5-16(15)24)17(25)21-19-23-22-18(28-19)12-6-13(26-2)9-14(7-12)27-3/h4-10H,1-3H3,(H,21,23,25). The van der Waals surface area contributed by atoms with Crippen molar-refractivity contribution in [1.82, 2.24) is 19.7 Å². The van der Waals surface area contributed by atoms with E-state index in [-0.39, 0.29) is 5.91 Å². The van der Waals surface area contributed by atoms with E-state index >= 15 is 0 Å². The second-order valence-corrected chi connectivity index (χ2v) is 7.00. The van der Waals surface area contributed by atoms with Gasteiger partial charge in [-0.05, 0) is 30.3 Å². The molecule has 1 N–H and O–H groups in total. The van der Waals surface area contributed by atoms with Gasteiger partial charge in [-0.25, -0.2) is 4.98 Å². The minimum Gasteiger partial charge on any atom is -0.497 e. The molecule has 1 amide bonds. The number of aromatic nitrogens is 4. The average molecular weight is 395 g/mol. The summed E-state index contributed by atoms with van der Waals surface area (Å²) in [5.74, 6) is 1.04. The number of carbonyl (C=O) groups excluding carboxylic acids is 1. The Morgan fingerprint density at radius 2 is 1.82 bits per heavy atom. The summed E-state index contributed by atoms with van der Waals surface area (Å²) in [5.41, 5.74) is 3.02. The molecule has 0 unspecified atom stereocenters. The average Bonchev–Trinajstić information content (AvgIpc) is 3.34. The Labute approximate surface area is 164 Å². The van der Waals surface area contributed by atoms with E-state index in [0.29, 0.717) is 27.2 Å². The Kier molecular flexibility index (Phi) is 4.66. The van der Waals surface area contributed by atoms with Crippen LogP contribution in [0.1, 0.15) is 10.4 Å². The molecule has 8 nitrogen and oxygen atoms in total. The zero-order valence-electron chi connectivity index (χ0n) is 15.5. The largest absolute Gasteiger partial charge is 0.497 e. The molecule has 0 radical (unpaired) electrons. The van der Waals surface area contributed by atoms with E-state index in [2.05, 4.69) is 20.5 Å². The molecule has 2 aromatic heterocycles. The molecule has 0 saturated carbocycles. The van der Waals surface area contributed by atoms with Crippen LogP contribution in [0.25, 0.3) is 21.6 Å². The lowest BCUT2D eigenvalue weighted by atomic mass is 10.2. The van der Waals surface area contributed by atoms with Gasteiger partial charge in [-0.1, -0.05) is 11.3 Å². The number of hydrogen-bond acceptors (Lipinski definition) is 7. The Hall–Kier alpha value is -3.46. The van der Waals surface area contributed by atoms with Crippen LogP contribution in [-0.4, -0.2) is 39.9 Å². The molecule has 2 aromatic carbocycles. The second-order valence-electron chi connectivity index (χ2n) is 6.03. The molecular formula is C19H17N5O3S. The summed E-state index contributed by atoms with van der Waals surface area (Å²) in [7, 11) is 5.08. The Morgan fingerprint density at radius 1 is 1.07 bits per heavy atom. The number of hydrogen-bond donors (Lipinski definition) is 1. The molecule has 28 heavy (non-hydrogen) atoms. The Morgan fingerprint density at radius 3 is 2.54 bits per heavy atom. The van der Waals surface area contributed by atoms with Gasteiger partial charge < -0.3 is 14.0 Å². The normalized spacial score (nSPS) is 10.8. The molecule has 0 aliphatic carbocycles. The van der Waals surface area contributed by atoms with Gasteiger partial charge in [0.2, 0.25) is 5.13 Å². The zero-order valence-corrected chi connectivity index (χ0v) is 16.3. The van der Waals surface area contributed by atoms with Crippen LogP contribution in [0.5, 0.6) is 11.5 Å². The van der Waals surface area contributed by atoms with Crippen LogP contribution in [0.15, 0.2) is 42.7 Å². The minimum absolute atomic E-state index is 0.265. The molecule has 4 aromatic rings. The lowest BCUT2D eigenvalue weighted by molar-refractivity contribution is 0.102. The van der Waals surface area contributed by atoms with E-state index in [1.54, 1.807) is 38.7 Å². The lowest BCUT2D eigenvalue weighted by Gasteiger charge is -2.06. The third kappa shape index (κ3) is 3.39. The van der Waals surface area contributed by atoms with Crippen LogP contribution in [0.2, 0.25) is 0 Å². The lowest BCUT2D eigenvalue weighted by Crippen LogP contribution is -2.11. The summed E-state index contributed by atoms with van der Waals surface area (Å²) in [5, 5.41) is 12.1. The van der Waals surface area contributed by atoms with Crippen molar-refractivity contribution in [3.63, 3.8) is 0 Å². The van der Waals surface area contributed by atoms with Crippen molar-refractivity contribution in [3.05, 3.63) is 48.3 Å². The Bertz CT molecular complexity index is 1150. The molecule has 4 rings (SSSR count). The van der Waals surface area contributed by atoms with Crippen molar-refractivity contribution in [2.24, 2.45) is 7.05 Å². The number of rotatable bonds is 5. The first kappa shape index (κ1) is 17.9. The van der Waals surface area contributed by atoms with Gasteiger partial charge >= 0.3 is 0 Å². The highest BCUT2D eigenvalue weighted by Crippen LogP contribution is 2.32. The number of benzene rings is 2. The zero-order chi connectivity index (χ0) is 19.7. The molecule has 0 fully saturated rings. The molecule has 2 heterocycles. The van der Waals surface area contributed by atoms with Crippen LogP contribution in [0.3, 0.4) is 0 Å². The van der Waals surface area contributed by atoms with Gasteiger partial charge in [0, 0.05) is 24.2 Å². The number of methoxy groups -OCH3 is 2. The molecule has 9 heteroatoms. The first-order chi connectivity index (χ1) is 13.6. The van der Waals surface area contributed by atoms with Crippen LogP contribution < -0.4 is 14.8 Å². The fourth-order valence-electron chi connectivity index (χ4n) is 2.77. The molecule has 0 aliphatic rings. The van der Waals surface area contributed by atoms with Crippen LogP contribution in [0, 0.1) is 0 Å². The number of nitrogens with one attached hydrogen (secondary N) is 1. The van der Waals surface area contributed by atoms with Crippen molar-refractivity contribution in [2.75, 3.05) is 19.5 Å². The summed E-state index contributed by atoms with van der Waals surface area (Å²) < 4.78 is 12.5. The highest BCUT2D eigenvalue weighted by atomic mass is 32.1. The number of aryl methyl sites for hydroxylation is 1. The molecule has 0 bridgehead atoms. The van der Waals surface area contributed by atoms with Crippen LogP contribution in [-0.2, 0) is 7.05 Å². The van der Waals surface area contributed by atoms with Crippen LogP contribution >= 0.6 is 11.3 Å². The molecule has 0 atom stereocenters. The maximum Gasteiger partial charge on any atom is 0.257 e. The number of anilines is 1. The smallest absolute Gasteiger partial charge is 0.257 e. The van der Waals surface area contributed by atoms with Crippen LogP contribution in [0.4, 0.5) is 5.13 Å². The van der Waals surface area contributed by atoms with Gasteiger partial charge in [0.15, 0.2) is 0 Å². The predicted molar refractivity (Wildman–Crippen MR) is 107 cm³/mol. The minimum atomic E-state index is -0.265. The van der Waals surface area contributed by atoms with E-state index in [0.717, 1.165) is 16.6 Å². The number of nitrogens with zero attached hydrogens (tertiary/aromatic N) is 4. The van der Waals surface area contributed by atoms with Gasteiger partial charge in [0.05, 0.1) is 31.6 Å². The van der Waals surface area contributed by atoms with Crippen molar-refractivity contribution in [2.45, 2.75) is 0 Å². The summed E-state index contributed by atoms with van der Waals surface area (Å²) in [6, 6.07) is 10.8. The maximum absolute atomic E-state index is 12.6. The SMILES string of the molecule is COc1cc(OC)cc(-c2nnc(NC(=O)c3ccc4c(c3)ncn4C)s2)c1. The van der Waals surface area contributed by atoms with E-state index in [1.807, 2.05) is 29.8 Å². The van der Waals surface area contributed by atoms with E-state index in [1.165, 1.54) is 11.3 Å². The van der Waals surface area contributed by atoms with Gasteiger partial charge in [-0.15, -0.1) is 10.2 Å². The third-order valence-electron chi connectivity index (χ3n) is 4.23. The number of imidazole rings is 1. The van der Waals surface area contributed by atoms with Gasteiger partial charge in [-0.3, -0.25) is 10.1 Å². The summed E-state index contributed by atoms with van der Waals surface area (Å²) in [6.45, 7) is 0. The highest BCUT2D eigenvalue weighted by Gasteiger charge is 2.14.